The predicted molar refractivity (Wildman–Crippen MR) is 83.7 cm³/mol. The Morgan fingerprint density at radius 2 is 2.10 bits per heavy atom. The van der Waals surface area contributed by atoms with Crippen molar-refractivity contribution in [2.75, 3.05) is 11.1 Å². The molecule has 0 aliphatic rings. The van der Waals surface area contributed by atoms with E-state index in [4.69, 9.17) is 0 Å². The molecule has 0 aliphatic heterocycles. The highest BCUT2D eigenvalue weighted by molar-refractivity contribution is 7.99. The number of nitrogens with zero attached hydrogens (tertiary/aromatic N) is 2. The number of aromatic nitrogens is 3. The van der Waals surface area contributed by atoms with Crippen LogP contribution >= 0.6 is 11.8 Å². The van der Waals surface area contributed by atoms with Gasteiger partial charge in [0.2, 0.25) is 5.91 Å². The Balaban J connectivity index is 1.92. The molecule has 2 aromatic rings. The van der Waals surface area contributed by atoms with Gasteiger partial charge >= 0.3 is 5.69 Å². The number of thioether (sulfide) groups is 1. The Labute approximate surface area is 127 Å². The van der Waals surface area contributed by atoms with Crippen molar-refractivity contribution in [3.8, 4) is 0 Å². The molecule has 1 aromatic heterocycles. The van der Waals surface area contributed by atoms with Gasteiger partial charge in [0, 0.05) is 12.2 Å². The van der Waals surface area contributed by atoms with Crippen molar-refractivity contribution in [2.45, 2.75) is 32.0 Å². The molecule has 0 radical (unpaired) electrons. The number of benzene rings is 1. The molecule has 2 rings (SSSR count). The van der Waals surface area contributed by atoms with Crippen molar-refractivity contribution in [2.24, 2.45) is 0 Å². The minimum atomic E-state index is -0.238. The fourth-order valence-electron chi connectivity index (χ4n) is 1.80. The smallest absolute Gasteiger partial charge is 0.325 e. The lowest BCUT2D eigenvalue weighted by molar-refractivity contribution is -0.113. The van der Waals surface area contributed by atoms with E-state index in [-0.39, 0.29) is 17.3 Å². The first-order valence-electron chi connectivity index (χ1n) is 6.74. The molecule has 0 fully saturated rings. The van der Waals surface area contributed by atoms with Gasteiger partial charge in [0.25, 0.3) is 0 Å². The molecule has 0 bridgehead atoms. The van der Waals surface area contributed by atoms with Crippen LogP contribution in [0.1, 0.15) is 18.9 Å². The lowest BCUT2D eigenvalue weighted by Crippen LogP contribution is -2.18. The van der Waals surface area contributed by atoms with Crippen LogP contribution in [0.4, 0.5) is 5.69 Å². The van der Waals surface area contributed by atoms with Crippen molar-refractivity contribution in [3.05, 3.63) is 40.3 Å². The third kappa shape index (κ3) is 4.22. The van der Waals surface area contributed by atoms with E-state index in [0.29, 0.717) is 11.7 Å². The predicted octanol–water partition coefficient (Wildman–Crippen LogP) is 2.02. The molecule has 7 heteroatoms. The SMILES string of the molecule is CCCn1c(SCC(=O)Nc2ccc(C)cc2)n[nH]c1=O. The van der Waals surface area contributed by atoms with Crippen molar-refractivity contribution in [1.29, 1.82) is 0 Å². The Morgan fingerprint density at radius 1 is 1.38 bits per heavy atom. The molecular formula is C14H18N4O2S. The molecule has 2 N–H and O–H groups in total. The van der Waals surface area contributed by atoms with Crippen molar-refractivity contribution >= 4 is 23.4 Å². The maximum Gasteiger partial charge on any atom is 0.343 e. The number of carbonyl (C=O) groups is 1. The van der Waals surface area contributed by atoms with Gasteiger partial charge in [-0.05, 0) is 25.5 Å². The molecule has 0 aliphatic carbocycles. The van der Waals surface area contributed by atoms with Crippen LogP contribution in [0.5, 0.6) is 0 Å². The number of aryl methyl sites for hydroxylation is 1. The van der Waals surface area contributed by atoms with Crippen LogP contribution in [0.2, 0.25) is 0 Å². The summed E-state index contributed by atoms with van der Waals surface area (Å²) in [5, 5.41) is 9.69. The van der Waals surface area contributed by atoms with E-state index in [2.05, 4.69) is 15.5 Å². The summed E-state index contributed by atoms with van der Waals surface area (Å²) in [5.41, 5.74) is 1.67. The zero-order chi connectivity index (χ0) is 15.2. The quantitative estimate of drug-likeness (QED) is 0.800. The minimum Gasteiger partial charge on any atom is -0.325 e. The number of rotatable bonds is 6. The highest BCUT2D eigenvalue weighted by atomic mass is 32.2. The summed E-state index contributed by atoms with van der Waals surface area (Å²) >= 11 is 1.25. The molecule has 1 aromatic carbocycles. The molecule has 0 unspecified atom stereocenters. The molecule has 0 spiro atoms. The average Bonchev–Trinajstić information content (AvgIpc) is 2.81. The maximum atomic E-state index is 11.9. The molecule has 1 heterocycles. The lowest BCUT2D eigenvalue weighted by atomic mass is 10.2. The molecular weight excluding hydrogens is 288 g/mol. The number of anilines is 1. The lowest BCUT2D eigenvalue weighted by Gasteiger charge is -2.06. The van der Waals surface area contributed by atoms with E-state index >= 15 is 0 Å². The molecule has 112 valence electrons. The van der Waals surface area contributed by atoms with E-state index in [1.807, 2.05) is 38.1 Å². The van der Waals surface area contributed by atoms with Gasteiger partial charge in [0.05, 0.1) is 5.75 Å². The standard InChI is InChI=1S/C14H18N4O2S/c1-3-8-18-13(20)16-17-14(18)21-9-12(19)15-11-6-4-10(2)5-7-11/h4-7H,3,8-9H2,1-2H3,(H,15,19)(H,16,20). The van der Waals surface area contributed by atoms with E-state index in [9.17, 15) is 9.59 Å². The first kappa shape index (κ1) is 15.4. The van der Waals surface area contributed by atoms with Gasteiger partial charge < -0.3 is 5.32 Å². The third-order valence-electron chi connectivity index (χ3n) is 2.84. The van der Waals surface area contributed by atoms with Gasteiger partial charge in [-0.15, -0.1) is 5.10 Å². The summed E-state index contributed by atoms with van der Waals surface area (Å²) in [7, 11) is 0. The number of amides is 1. The van der Waals surface area contributed by atoms with E-state index in [1.54, 1.807) is 4.57 Å². The third-order valence-corrected chi connectivity index (χ3v) is 3.81. The highest BCUT2D eigenvalue weighted by Gasteiger charge is 2.10. The number of H-pyrrole nitrogens is 1. The van der Waals surface area contributed by atoms with Crippen LogP contribution in [0.15, 0.2) is 34.2 Å². The van der Waals surface area contributed by atoms with Gasteiger partial charge in [0.1, 0.15) is 0 Å². The first-order valence-corrected chi connectivity index (χ1v) is 7.73. The van der Waals surface area contributed by atoms with Gasteiger partial charge in [0.15, 0.2) is 5.16 Å². The average molecular weight is 306 g/mol. The monoisotopic (exact) mass is 306 g/mol. The van der Waals surface area contributed by atoms with Crippen molar-refractivity contribution in [3.63, 3.8) is 0 Å². The van der Waals surface area contributed by atoms with E-state index < -0.39 is 0 Å². The number of aromatic amines is 1. The fraction of sp³-hybridized carbons (Fsp3) is 0.357. The van der Waals surface area contributed by atoms with Crippen LogP contribution in [0, 0.1) is 6.92 Å². The van der Waals surface area contributed by atoms with E-state index in [1.165, 1.54) is 11.8 Å². The second kappa shape index (κ2) is 7.12. The van der Waals surface area contributed by atoms with Crippen LogP contribution in [0.25, 0.3) is 0 Å². The summed E-state index contributed by atoms with van der Waals surface area (Å²) in [4.78, 5) is 23.4. The second-order valence-electron chi connectivity index (χ2n) is 4.67. The summed E-state index contributed by atoms with van der Waals surface area (Å²) in [6.07, 6.45) is 0.836. The summed E-state index contributed by atoms with van der Waals surface area (Å²) in [6.45, 7) is 4.57. The summed E-state index contributed by atoms with van der Waals surface area (Å²) < 4.78 is 1.55. The van der Waals surface area contributed by atoms with Crippen LogP contribution in [0.3, 0.4) is 0 Å². The zero-order valence-corrected chi connectivity index (χ0v) is 12.9. The Kier molecular flexibility index (Phi) is 5.21. The zero-order valence-electron chi connectivity index (χ0n) is 12.0. The number of hydrogen-bond acceptors (Lipinski definition) is 4. The Morgan fingerprint density at radius 3 is 2.76 bits per heavy atom. The Hall–Kier alpha value is -2.02. The van der Waals surface area contributed by atoms with Gasteiger partial charge in [-0.2, -0.15) is 0 Å². The topological polar surface area (TPSA) is 79.8 Å². The van der Waals surface area contributed by atoms with E-state index in [0.717, 1.165) is 17.7 Å². The number of hydrogen-bond donors (Lipinski definition) is 2. The fourth-order valence-corrected chi connectivity index (χ4v) is 2.57. The van der Waals surface area contributed by atoms with Crippen molar-refractivity contribution < 1.29 is 4.79 Å². The molecule has 21 heavy (non-hydrogen) atoms. The van der Waals surface area contributed by atoms with Crippen LogP contribution in [-0.4, -0.2) is 26.4 Å². The molecule has 0 atom stereocenters. The molecule has 6 nitrogen and oxygen atoms in total. The van der Waals surface area contributed by atoms with Crippen LogP contribution < -0.4 is 11.0 Å². The molecule has 1 amide bonds. The Bertz CT molecular complexity index is 660. The van der Waals surface area contributed by atoms with Gasteiger partial charge in [-0.1, -0.05) is 36.4 Å². The first-order chi connectivity index (χ1) is 10.1. The minimum absolute atomic E-state index is 0.123. The normalized spacial score (nSPS) is 10.6. The van der Waals surface area contributed by atoms with Gasteiger partial charge in [-0.25, -0.2) is 9.89 Å². The molecule has 0 saturated carbocycles. The van der Waals surface area contributed by atoms with Gasteiger partial charge in [-0.3, -0.25) is 9.36 Å². The molecule has 0 saturated heterocycles. The highest BCUT2D eigenvalue weighted by Crippen LogP contribution is 2.15. The number of nitrogens with one attached hydrogen (secondary N) is 2. The largest absolute Gasteiger partial charge is 0.343 e. The second-order valence-corrected chi connectivity index (χ2v) is 5.61. The number of carbonyl (C=O) groups excluding carboxylic acids is 1. The maximum absolute atomic E-state index is 11.9. The van der Waals surface area contributed by atoms with Crippen LogP contribution in [-0.2, 0) is 11.3 Å². The summed E-state index contributed by atoms with van der Waals surface area (Å²) in [6, 6.07) is 7.60. The summed E-state index contributed by atoms with van der Waals surface area (Å²) in [5.74, 6) is 0.0874. The van der Waals surface area contributed by atoms with Crippen molar-refractivity contribution in [1.82, 2.24) is 14.8 Å².